The van der Waals surface area contributed by atoms with Crippen molar-refractivity contribution in [1.29, 1.82) is 0 Å². The van der Waals surface area contributed by atoms with E-state index in [1.165, 1.54) is 4.40 Å². The molecule has 0 fully saturated rings. The van der Waals surface area contributed by atoms with Crippen molar-refractivity contribution in [3.8, 4) is 11.3 Å². The Kier molecular flexibility index (Phi) is 4.37. The number of aromatic nitrogens is 1. The van der Waals surface area contributed by atoms with Gasteiger partial charge in [-0.25, -0.2) is 0 Å². The molecule has 1 nitrogen and oxygen atoms in total. The van der Waals surface area contributed by atoms with Crippen LogP contribution in [0.25, 0.3) is 11.3 Å². The third kappa shape index (κ3) is 3.93. The normalized spacial score (nSPS) is 15.5. The van der Waals surface area contributed by atoms with Crippen LogP contribution < -0.4 is 8.96 Å². The number of hydrogen-bond donors (Lipinski definition) is 0. The molecule has 0 unspecified atom stereocenters. The number of benzene rings is 1. The molecular formula is C22H34GeN+. The van der Waals surface area contributed by atoms with Crippen LogP contribution >= 0.6 is 0 Å². The topological polar surface area (TPSA) is 3.88 Å². The Bertz CT molecular complexity index is 862. The first-order chi connectivity index (χ1) is 12.7. The van der Waals surface area contributed by atoms with Crippen LogP contribution in [-0.4, -0.2) is 13.3 Å². The number of aryl methyl sites for hydroxylation is 3. The van der Waals surface area contributed by atoms with Crippen LogP contribution in [0.15, 0.2) is 30.5 Å². The second kappa shape index (κ2) is 7.43. The Morgan fingerprint density at radius 1 is 1.17 bits per heavy atom. The van der Waals surface area contributed by atoms with Gasteiger partial charge in [0.05, 0.1) is 0 Å². The fourth-order valence-electron chi connectivity index (χ4n) is 3.39. The molecule has 0 aliphatic rings. The summed E-state index contributed by atoms with van der Waals surface area (Å²) in [5, 5.41) is 0. The zero-order valence-corrected chi connectivity index (χ0v) is 18.3. The quantitative estimate of drug-likeness (QED) is 0.486. The van der Waals surface area contributed by atoms with E-state index < -0.39 is 26.0 Å². The third-order valence-electron chi connectivity index (χ3n) is 4.82. The summed E-state index contributed by atoms with van der Waals surface area (Å²) in [6, 6.07) is 7.59. The molecule has 0 bridgehead atoms. The number of pyridine rings is 1. The summed E-state index contributed by atoms with van der Waals surface area (Å²) in [7, 11) is 2.05. The Labute approximate surface area is 157 Å². The molecule has 1 aromatic heterocycles. The van der Waals surface area contributed by atoms with Gasteiger partial charge in [-0.3, -0.25) is 0 Å². The predicted molar refractivity (Wildman–Crippen MR) is 109 cm³/mol. The molecule has 0 saturated carbocycles. The first kappa shape index (κ1) is 14.1. The van der Waals surface area contributed by atoms with E-state index in [9.17, 15) is 0 Å². The molecule has 24 heavy (non-hydrogen) atoms. The molecule has 0 aliphatic heterocycles. The molecule has 1 heterocycles. The van der Waals surface area contributed by atoms with Gasteiger partial charge in [-0.05, 0) is 0 Å². The van der Waals surface area contributed by atoms with E-state index in [2.05, 4.69) is 55.0 Å². The molecule has 0 atom stereocenters. The van der Waals surface area contributed by atoms with Crippen molar-refractivity contribution in [2.45, 2.75) is 63.6 Å². The zero-order valence-electron chi connectivity index (χ0n) is 20.2. The van der Waals surface area contributed by atoms with Crippen molar-refractivity contribution >= 4 is 17.7 Å². The maximum absolute atomic E-state index is 9.13. The van der Waals surface area contributed by atoms with Crippen LogP contribution in [0.1, 0.15) is 54.8 Å². The zero-order chi connectivity index (χ0) is 21.5. The van der Waals surface area contributed by atoms with Crippen LogP contribution in [-0.2, 0) is 7.05 Å². The Hall–Kier alpha value is -1.09. The van der Waals surface area contributed by atoms with Crippen LogP contribution in [0.3, 0.4) is 0 Å². The molecule has 130 valence electrons. The fraction of sp³-hybridized carbons (Fsp3) is 0.500. The summed E-state index contributed by atoms with van der Waals surface area (Å²) in [6.07, 6.45) is 3.79. The number of rotatable bonds is 5. The van der Waals surface area contributed by atoms with Gasteiger partial charge in [-0.1, -0.05) is 0 Å². The van der Waals surface area contributed by atoms with Gasteiger partial charge in [-0.15, -0.1) is 0 Å². The van der Waals surface area contributed by atoms with Crippen molar-refractivity contribution in [1.82, 2.24) is 0 Å². The first-order valence-corrected chi connectivity index (χ1v) is 16.2. The van der Waals surface area contributed by atoms with Crippen molar-refractivity contribution in [3.63, 3.8) is 0 Å². The summed E-state index contributed by atoms with van der Waals surface area (Å²) in [6.45, 7) is 4.06. The van der Waals surface area contributed by atoms with Crippen molar-refractivity contribution in [3.05, 3.63) is 47.2 Å². The van der Waals surface area contributed by atoms with E-state index in [1.807, 2.05) is 13.0 Å². The third-order valence-corrected chi connectivity index (χ3v) is 9.05. The van der Waals surface area contributed by atoms with Crippen molar-refractivity contribution in [2.24, 2.45) is 7.05 Å². The minimum atomic E-state index is -2.19. The summed E-state index contributed by atoms with van der Waals surface area (Å²) in [5.74, 6) is 6.53. The molecule has 0 amide bonds. The Morgan fingerprint density at radius 3 is 2.33 bits per heavy atom. The van der Waals surface area contributed by atoms with E-state index in [0.29, 0.717) is 5.56 Å². The Balaban J connectivity index is 2.77. The molecule has 0 radical (unpaired) electrons. The molecule has 0 spiro atoms. The summed E-state index contributed by atoms with van der Waals surface area (Å²) in [5.41, 5.74) is 4.54. The van der Waals surface area contributed by atoms with Gasteiger partial charge >= 0.3 is 157 Å². The molecule has 0 saturated heterocycles. The first-order valence-electron chi connectivity index (χ1n) is 10.9. The van der Waals surface area contributed by atoms with E-state index >= 15 is 0 Å². The maximum atomic E-state index is 9.13. The van der Waals surface area contributed by atoms with Crippen molar-refractivity contribution < 1.29 is 10.1 Å². The number of nitrogens with zero attached hydrogens (tertiary/aromatic N) is 1. The van der Waals surface area contributed by atoms with Gasteiger partial charge in [-0.2, -0.15) is 0 Å². The average molecular weight is 389 g/mol. The fourth-order valence-corrected chi connectivity index (χ4v) is 6.83. The van der Waals surface area contributed by atoms with Gasteiger partial charge in [0, 0.05) is 0 Å². The molecule has 0 aliphatic carbocycles. The van der Waals surface area contributed by atoms with E-state index in [0.717, 1.165) is 35.2 Å². The molecule has 2 rings (SSSR count). The van der Waals surface area contributed by atoms with Gasteiger partial charge in [0.15, 0.2) is 0 Å². The minimum absolute atomic E-state index is 0.370. The molecular weight excluding hydrogens is 351 g/mol. The molecule has 1 aromatic carbocycles. The standard InChI is InChI=1S/C22H34GeN/c1-9-18(10-2)20-14-22(19-12-11-16(3)13-17(19)4)24(8)15-21(20)23(5,6)7/h11-15,18H,9-10H2,1-8H3/q+1/i3D3,18D. The van der Waals surface area contributed by atoms with Crippen molar-refractivity contribution in [2.75, 3.05) is 0 Å². The van der Waals surface area contributed by atoms with E-state index in [1.54, 1.807) is 12.1 Å². The predicted octanol–water partition coefficient (Wildman–Crippen LogP) is 5.24. The monoisotopic (exact) mass is 390 g/mol. The molecule has 2 aromatic rings. The number of hydrogen-bond acceptors (Lipinski definition) is 0. The van der Waals surface area contributed by atoms with E-state index in [-0.39, 0.29) is 0 Å². The molecule has 2 heteroatoms. The van der Waals surface area contributed by atoms with E-state index in [4.69, 9.17) is 5.48 Å². The Morgan fingerprint density at radius 2 is 1.83 bits per heavy atom. The van der Waals surface area contributed by atoms with Crippen LogP contribution in [0.2, 0.25) is 17.3 Å². The second-order valence-electron chi connectivity index (χ2n) is 7.69. The summed E-state index contributed by atoms with van der Waals surface area (Å²) in [4.78, 5) is 0. The summed E-state index contributed by atoms with van der Waals surface area (Å²) < 4.78 is 35.6. The average Bonchev–Trinajstić information content (AvgIpc) is 2.59. The van der Waals surface area contributed by atoms with Gasteiger partial charge < -0.3 is 0 Å². The summed E-state index contributed by atoms with van der Waals surface area (Å²) >= 11 is -2.19. The molecule has 0 N–H and O–H groups in total. The van der Waals surface area contributed by atoms with Gasteiger partial charge in [0.1, 0.15) is 0 Å². The second-order valence-corrected chi connectivity index (χ2v) is 18.3. The van der Waals surface area contributed by atoms with Gasteiger partial charge in [0.25, 0.3) is 0 Å². The van der Waals surface area contributed by atoms with Crippen LogP contribution in [0.4, 0.5) is 0 Å². The van der Waals surface area contributed by atoms with Gasteiger partial charge in [0.2, 0.25) is 0 Å². The SMILES string of the molecule is [2H]C([2H])([2H])c1ccc(-c2cc(C([2H])(CC)CC)[c]([Ge]([CH3])([CH3])[CH3])c[n+]2C)c(C)c1. The van der Waals surface area contributed by atoms with Crippen LogP contribution in [0.5, 0.6) is 0 Å². The van der Waals surface area contributed by atoms with Crippen LogP contribution in [0, 0.1) is 13.8 Å².